The average molecular weight is 781 g/mol. The third kappa shape index (κ3) is 14.8. The van der Waals surface area contributed by atoms with Crippen molar-refractivity contribution in [2.24, 2.45) is 32.9 Å². The predicted molar refractivity (Wildman–Crippen MR) is 211 cm³/mol. The minimum absolute atomic E-state index is 0.0736. The van der Waals surface area contributed by atoms with E-state index in [1.165, 1.54) is 6.92 Å². The molecule has 4 aromatic rings. The van der Waals surface area contributed by atoms with Gasteiger partial charge in [-0.25, -0.2) is 19.6 Å². The number of aliphatic imine (C=N–C) groups is 2. The third-order valence-corrected chi connectivity index (χ3v) is 7.80. The topological polar surface area (TPSA) is 268 Å². The number of Topliss-reactive ketones (excluding diaryl/α,β-unsaturated/α-hetero) is 2. The molecular formula is C41H44N6O10. The number of guanidine groups is 2. The number of nitrogens with zero attached hydrogens (tertiary/aromatic N) is 2. The van der Waals surface area contributed by atoms with Gasteiger partial charge in [0.05, 0.1) is 34.3 Å². The van der Waals surface area contributed by atoms with Gasteiger partial charge in [0.1, 0.15) is 24.7 Å². The van der Waals surface area contributed by atoms with Crippen LogP contribution in [-0.2, 0) is 28.7 Å². The number of nitrogens with two attached hydrogens (primary N) is 4. The first kappa shape index (κ1) is 44.0. The van der Waals surface area contributed by atoms with Crippen LogP contribution in [0.25, 0.3) is 0 Å². The Hall–Kier alpha value is -7.36. The van der Waals surface area contributed by atoms with Crippen LogP contribution in [0.5, 0.6) is 11.5 Å². The summed E-state index contributed by atoms with van der Waals surface area (Å²) in [7, 11) is 0. The molecule has 0 aliphatic carbocycles. The fraction of sp³-hybridized carbons (Fsp3) is 0.220. The third-order valence-electron chi connectivity index (χ3n) is 7.80. The van der Waals surface area contributed by atoms with Crippen LogP contribution in [0.1, 0.15) is 77.8 Å². The summed E-state index contributed by atoms with van der Waals surface area (Å²) >= 11 is 0. The summed E-state index contributed by atoms with van der Waals surface area (Å²) in [6.07, 6.45) is 0.318. The summed E-state index contributed by atoms with van der Waals surface area (Å²) in [5.74, 6) is -3.03. The van der Waals surface area contributed by atoms with Crippen LogP contribution < -0.4 is 32.4 Å². The molecule has 0 spiro atoms. The fourth-order valence-corrected chi connectivity index (χ4v) is 4.57. The number of esters is 4. The van der Waals surface area contributed by atoms with Crippen LogP contribution >= 0.6 is 0 Å². The highest BCUT2D eigenvalue weighted by atomic mass is 16.5. The van der Waals surface area contributed by atoms with E-state index in [9.17, 15) is 28.8 Å². The highest BCUT2D eigenvalue weighted by Crippen LogP contribution is 2.23. The molecule has 57 heavy (non-hydrogen) atoms. The zero-order valence-corrected chi connectivity index (χ0v) is 31.8. The van der Waals surface area contributed by atoms with Gasteiger partial charge in [-0.15, -0.1) is 0 Å². The second-order valence-corrected chi connectivity index (χ2v) is 12.3. The van der Waals surface area contributed by atoms with Crippen LogP contribution in [0, 0.1) is 0 Å². The lowest BCUT2D eigenvalue weighted by atomic mass is 10.0. The number of carbonyl (C=O) groups excluding carboxylic acids is 6. The van der Waals surface area contributed by atoms with Crippen molar-refractivity contribution in [2.45, 2.75) is 46.0 Å². The zero-order valence-electron chi connectivity index (χ0n) is 31.8. The van der Waals surface area contributed by atoms with Crippen molar-refractivity contribution in [3.8, 4) is 11.5 Å². The van der Waals surface area contributed by atoms with Crippen LogP contribution in [0.3, 0.4) is 0 Å². The van der Waals surface area contributed by atoms with E-state index in [4.69, 9.17) is 41.9 Å². The van der Waals surface area contributed by atoms with E-state index in [1.807, 2.05) is 0 Å². The van der Waals surface area contributed by atoms with Gasteiger partial charge < -0.3 is 41.9 Å². The molecule has 16 heteroatoms. The molecule has 4 aromatic carbocycles. The summed E-state index contributed by atoms with van der Waals surface area (Å²) < 4.78 is 20.5. The smallest absolute Gasteiger partial charge is 0.343 e. The number of ether oxygens (including phenoxy) is 4. The van der Waals surface area contributed by atoms with E-state index in [2.05, 4.69) is 9.98 Å². The van der Waals surface area contributed by atoms with Crippen LogP contribution in [-0.4, -0.2) is 60.6 Å². The van der Waals surface area contributed by atoms with Gasteiger partial charge in [0.25, 0.3) is 0 Å². The van der Waals surface area contributed by atoms with Crippen molar-refractivity contribution in [1.82, 2.24) is 0 Å². The van der Waals surface area contributed by atoms with E-state index < -0.39 is 35.7 Å². The molecule has 0 saturated carbocycles. The highest BCUT2D eigenvalue weighted by molar-refractivity contribution is 5.92. The van der Waals surface area contributed by atoms with E-state index in [1.54, 1.807) is 118 Å². The Balaban J connectivity index is 0.000000306. The molecule has 0 amide bonds. The molecule has 0 radical (unpaired) electrons. The van der Waals surface area contributed by atoms with Gasteiger partial charge in [0.2, 0.25) is 0 Å². The first-order valence-corrected chi connectivity index (χ1v) is 17.4. The molecule has 0 aliphatic heterocycles. The van der Waals surface area contributed by atoms with Gasteiger partial charge in [-0.2, -0.15) is 0 Å². The molecule has 0 heterocycles. The van der Waals surface area contributed by atoms with Crippen molar-refractivity contribution in [3.63, 3.8) is 0 Å². The number of rotatable bonds is 15. The second kappa shape index (κ2) is 21.5. The summed E-state index contributed by atoms with van der Waals surface area (Å²) in [4.78, 5) is 78.3. The average Bonchev–Trinajstić information content (AvgIpc) is 3.19. The number of hydrogen-bond acceptors (Lipinski definition) is 12. The molecule has 4 rings (SSSR count). The second-order valence-electron chi connectivity index (χ2n) is 12.3. The summed E-state index contributed by atoms with van der Waals surface area (Å²) in [5, 5.41) is 0. The van der Waals surface area contributed by atoms with E-state index in [0.717, 1.165) is 0 Å². The molecule has 8 N–H and O–H groups in total. The van der Waals surface area contributed by atoms with Gasteiger partial charge in [0.15, 0.2) is 23.5 Å². The Morgan fingerprint density at radius 3 is 1.21 bits per heavy atom. The molecule has 0 aliphatic rings. The molecule has 0 bridgehead atoms. The maximum Gasteiger partial charge on any atom is 0.343 e. The number of benzene rings is 4. The van der Waals surface area contributed by atoms with Gasteiger partial charge in [0, 0.05) is 6.42 Å². The Bertz CT molecular complexity index is 2090. The minimum Gasteiger partial charge on any atom is -0.457 e. The predicted octanol–water partition coefficient (Wildman–Crippen LogP) is 4.48. The van der Waals surface area contributed by atoms with Crippen molar-refractivity contribution in [3.05, 3.63) is 119 Å². The molecule has 298 valence electrons. The van der Waals surface area contributed by atoms with Crippen molar-refractivity contribution < 1.29 is 47.7 Å². The van der Waals surface area contributed by atoms with Crippen molar-refractivity contribution in [2.75, 3.05) is 13.2 Å². The largest absolute Gasteiger partial charge is 0.457 e. The molecular weight excluding hydrogens is 736 g/mol. The Kier molecular flexibility index (Phi) is 16.6. The lowest BCUT2D eigenvalue weighted by molar-refractivity contribution is -0.149. The van der Waals surface area contributed by atoms with E-state index >= 15 is 0 Å². The first-order valence-electron chi connectivity index (χ1n) is 17.4. The molecule has 0 fully saturated rings. The quantitative estimate of drug-likeness (QED) is 0.0561. The lowest BCUT2D eigenvalue weighted by Crippen LogP contribution is -2.21. The molecule has 0 aromatic heterocycles. The van der Waals surface area contributed by atoms with Crippen molar-refractivity contribution in [1.29, 1.82) is 0 Å². The number of carbonyl (C=O) groups is 6. The Morgan fingerprint density at radius 1 is 0.544 bits per heavy atom. The molecule has 16 nitrogen and oxygen atoms in total. The molecule has 2 atom stereocenters. The van der Waals surface area contributed by atoms with Gasteiger partial charge >= 0.3 is 23.9 Å². The number of ketones is 2. The van der Waals surface area contributed by atoms with Gasteiger partial charge in [-0.3, -0.25) is 19.2 Å². The fourth-order valence-electron chi connectivity index (χ4n) is 4.57. The Labute approximate surface area is 328 Å². The maximum atomic E-state index is 12.2. The van der Waals surface area contributed by atoms with Crippen molar-refractivity contribution >= 4 is 58.7 Å². The maximum absolute atomic E-state index is 12.2. The summed E-state index contributed by atoms with van der Waals surface area (Å²) in [6.45, 7) is 5.92. The summed E-state index contributed by atoms with van der Waals surface area (Å²) in [5.41, 5.74) is 24.3. The minimum atomic E-state index is -0.549. The van der Waals surface area contributed by atoms with Crippen LogP contribution in [0.2, 0.25) is 0 Å². The standard InChI is InChI=1S/C21H23N3O5.C20H21N3O5/c1-3-17(25)12-28-19(26)13(2)14-6-10-18(11-7-14)29-20(27)15-4-8-16(9-5-15)24-21(22)23;1-12(24)11-27-18(25)13(2)14-5-9-17(10-6-14)28-19(26)15-3-7-16(8-4-15)23-20(21)22/h4-11,13H,3,12H2,1-2H3,(H4,22,23,24);3-10,13H,11H2,1-2H3,(H4,21,22,23)/t2*13-/m00/s1. The first-order chi connectivity index (χ1) is 27.1. The van der Waals surface area contributed by atoms with E-state index in [0.29, 0.717) is 51.5 Å². The monoisotopic (exact) mass is 780 g/mol. The zero-order chi connectivity index (χ0) is 42.1. The SMILES string of the molecule is CC(=O)COC(=O)[C@@H](C)c1ccc(OC(=O)c2ccc(N=C(N)N)cc2)cc1.CCC(=O)COC(=O)[C@@H](C)c1ccc(OC(=O)c2ccc(N=C(N)N)cc2)cc1. The van der Waals surface area contributed by atoms with Gasteiger partial charge in [-0.05, 0) is 105 Å². The van der Waals surface area contributed by atoms with Crippen LogP contribution in [0.15, 0.2) is 107 Å². The number of hydrogen-bond donors (Lipinski definition) is 4. The summed E-state index contributed by atoms with van der Waals surface area (Å²) in [6, 6.07) is 25.5. The highest BCUT2D eigenvalue weighted by Gasteiger charge is 2.19. The Morgan fingerprint density at radius 2 is 0.895 bits per heavy atom. The van der Waals surface area contributed by atoms with Gasteiger partial charge in [-0.1, -0.05) is 31.2 Å². The van der Waals surface area contributed by atoms with E-state index in [-0.39, 0.29) is 36.7 Å². The van der Waals surface area contributed by atoms with Crippen LogP contribution in [0.4, 0.5) is 11.4 Å². The molecule has 0 unspecified atom stereocenters. The molecule has 0 saturated heterocycles. The lowest BCUT2D eigenvalue weighted by Gasteiger charge is -2.12. The normalized spacial score (nSPS) is 11.2.